The second kappa shape index (κ2) is 5.47. The lowest BCUT2D eigenvalue weighted by molar-refractivity contribution is 1.45. The summed E-state index contributed by atoms with van der Waals surface area (Å²) in [7, 11) is 0. The van der Waals surface area contributed by atoms with E-state index in [1.807, 2.05) is 0 Å². The summed E-state index contributed by atoms with van der Waals surface area (Å²) in [5.41, 5.74) is -0.0664. The Morgan fingerprint density at radius 3 is 2.12 bits per heavy atom. The summed E-state index contributed by atoms with van der Waals surface area (Å²) < 4.78 is 0.513. The van der Waals surface area contributed by atoms with E-state index in [2.05, 4.69) is 25.6 Å². The Morgan fingerprint density at radius 2 is 1.71 bits per heavy atom. The molecule has 1 aromatic carbocycles. The van der Waals surface area contributed by atoms with E-state index in [4.69, 9.17) is 23.7 Å². The van der Waals surface area contributed by atoms with Gasteiger partial charge in [0.25, 0.3) is 11.4 Å². The second-order valence-corrected chi connectivity index (χ2v) is 3.69. The number of hydrogen-bond acceptors (Lipinski definition) is 2. The first-order valence-corrected chi connectivity index (χ1v) is 5.06. The quantitative estimate of drug-likeness (QED) is 0.678. The topological polar surface area (TPSA) is 56.3 Å². The van der Waals surface area contributed by atoms with Crippen LogP contribution >= 0.6 is 15.9 Å². The molecule has 78 valence electrons. The van der Waals surface area contributed by atoms with Gasteiger partial charge in [-0.05, 0) is 5.22 Å². The molecule has 5 heteroatoms. The van der Waals surface area contributed by atoms with Gasteiger partial charge in [0.15, 0.2) is 0 Å². The molecule has 0 spiro atoms. The molecule has 1 aromatic rings. The zero-order valence-corrected chi connectivity index (χ0v) is 9.98. The maximum Gasteiger partial charge on any atom is 0.270 e. The van der Waals surface area contributed by atoms with Crippen LogP contribution in [0, 0.1) is 35.8 Å². The largest absolute Gasteiger partial charge is 0.270 e. The fraction of sp³-hybridized carbons (Fsp3) is 0. The molecule has 0 radical (unpaired) electrons. The smallest absolute Gasteiger partial charge is 0.226 e. The highest BCUT2D eigenvalue weighted by Crippen LogP contribution is 2.03. The normalized spacial score (nSPS) is 12.3. The van der Waals surface area contributed by atoms with Crippen molar-refractivity contribution in [3.8, 4) is 12.1 Å². The molecule has 0 saturated heterocycles. The SMILES string of the molecule is [C-]#[N+]C(C#N)=c1ccc(=C(C#N)[N+]#[C-])c(Br)c1. The van der Waals surface area contributed by atoms with Gasteiger partial charge in [0.2, 0.25) is 0 Å². The van der Waals surface area contributed by atoms with Crippen LogP contribution in [0.2, 0.25) is 0 Å². The van der Waals surface area contributed by atoms with Crippen molar-refractivity contribution in [3.05, 3.63) is 55.9 Å². The Labute approximate surface area is 106 Å². The Kier molecular flexibility index (Phi) is 4.02. The third-order valence-corrected chi connectivity index (χ3v) is 2.59. The fourth-order valence-electron chi connectivity index (χ4n) is 1.15. The molecule has 0 N–H and O–H groups in total. The lowest BCUT2D eigenvalue weighted by Gasteiger charge is -1.94. The molecular weight excluding hydrogens is 280 g/mol. The monoisotopic (exact) mass is 282 g/mol. The zero-order chi connectivity index (χ0) is 12.8. The van der Waals surface area contributed by atoms with Crippen molar-refractivity contribution >= 4 is 27.3 Å². The number of nitriles is 2. The van der Waals surface area contributed by atoms with Crippen molar-refractivity contribution < 1.29 is 0 Å². The number of halogens is 1. The summed E-state index contributed by atoms with van der Waals surface area (Å²) >= 11 is 3.22. The first-order valence-electron chi connectivity index (χ1n) is 4.27. The van der Waals surface area contributed by atoms with Crippen LogP contribution in [-0.2, 0) is 0 Å². The third-order valence-electron chi connectivity index (χ3n) is 1.93. The van der Waals surface area contributed by atoms with E-state index in [0.29, 0.717) is 14.9 Å². The average Bonchev–Trinajstić information content (AvgIpc) is 2.34. The number of rotatable bonds is 0. The van der Waals surface area contributed by atoms with Crippen LogP contribution in [0.3, 0.4) is 0 Å². The van der Waals surface area contributed by atoms with Crippen LogP contribution in [0.15, 0.2) is 22.7 Å². The molecule has 0 amide bonds. The van der Waals surface area contributed by atoms with E-state index in [1.165, 1.54) is 0 Å². The van der Waals surface area contributed by atoms with E-state index < -0.39 is 0 Å². The number of nitrogens with zero attached hydrogens (tertiary/aromatic N) is 4. The molecule has 17 heavy (non-hydrogen) atoms. The molecule has 4 nitrogen and oxygen atoms in total. The van der Waals surface area contributed by atoms with Crippen LogP contribution < -0.4 is 10.4 Å². The molecular formula is C12H3BrN4. The minimum absolute atomic E-state index is 0.0291. The molecule has 0 aliphatic rings. The minimum atomic E-state index is -0.0373. The van der Waals surface area contributed by atoms with Crippen molar-refractivity contribution in [3.63, 3.8) is 0 Å². The van der Waals surface area contributed by atoms with Gasteiger partial charge in [-0.1, -0.05) is 34.1 Å². The predicted octanol–water partition coefficient (Wildman–Crippen LogP) is 1.55. The molecule has 0 atom stereocenters. The maximum absolute atomic E-state index is 8.75. The van der Waals surface area contributed by atoms with Crippen LogP contribution in [0.25, 0.3) is 21.1 Å². The summed E-state index contributed by atoms with van der Waals surface area (Å²) in [6.45, 7) is 13.7. The molecule has 0 heterocycles. The molecule has 0 aliphatic heterocycles. The predicted molar refractivity (Wildman–Crippen MR) is 64.6 cm³/mol. The molecule has 0 aromatic heterocycles. The van der Waals surface area contributed by atoms with Gasteiger partial charge >= 0.3 is 0 Å². The molecule has 0 unspecified atom stereocenters. The summed E-state index contributed by atoms with van der Waals surface area (Å²) in [4.78, 5) is 6.18. The minimum Gasteiger partial charge on any atom is -0.226 e. The number of hydrogen-bond donors (Lipinski definition) is 0. The maximum atomic E-state index is 8.75. The standard InChI is InChI=1S/C12H3BrN4/c1-16-11(6-14)8-3-4-9(10(13)5-8)12(7-15)17-2/h3-5H. The average molecular weight is 283 g/mol. The molecule has 0 saturated carbocycles. The Balaban J connectivity index is 3.78. The summed E-state index contributed by atoms with van der Waals surface area (Å²) in [6, 6.07) is 8.20. The van der Waals surface area contributed by atoms with Gasteiger partial charge in [0.05, 0.1) is 25.3 Å². The van der Waals surface area contributed by atoms with E-state index in [9.17, 15) is 0 Å². The summed E-state index contributed by atoms with van der Waals surface area (Å²) in [5, 5.41) is 18.4. The Bertz CT molecular complexity index is 716. The lowest BCUT2D eigenvalue weighted by Crippen LogP contribution is -2.13. The van der Waals surface area contributed by atoms with Crippen LogP contribution in [0.4, 0.5) is 0 Å². The first-order chi connectivity index (χ1) is 8.17. The second-order valence-electron chi connectivity index (χ2n) is 2.84. The van der Waals surface area contributed by atoms with E-state index in [0.717, 1.165) is 0 Å². The van der Waals surface area contributed by atoms with Gasteiger partial charge in [-0.15, -0.1) is 0 Å². The highest BCUT2D eigenvalue weighted by molar-refractivity contribution is 9.10. The molecule has 1 rings (SSSR count). The van der Waals surface area contributed by atoms with Crippen molar-refractivity contribution in [1.29, 1.82) is 10.5 Å². The molecule has 0 bridgehead atoms. The highest BCUT2D eigenvalue weighted by Gasteiger charge is 2.01. The van der Waals surface area contributed by atoms with Crippen molar-refractivity contribution in [2.45, 2.75) is 0 Å². The van der Waals surface area contributed by atoms with Gasteiger partial charge in [0, 0.05) is 9.69 Å². The Morgan fingerprint density at radius 1 is 1.12 bits per heavy atom. The van der Waals surface area contributed by atoms with Crippen molar-refractivity contribution in [2.24, 2.45) is 0 Å². The van der Waals surface area contributed by atoms with Gasteiger partial charge in [-0.3, -0.25) is 0 Å². The Hall–Kier alpha value is -2.60. The van der Waals surface area contributed by atoms with E-state index in [-0.39, 0.29) is 11.4 Å². The zero-order valence-electron chi connectivity index (χ0n) is 8.40. The van der Waals surface area contributed by atoms with Gasteiger partial charge in [0.1, 0.15) is 0 Å². The third kappa shape index (κ3) is 2.50. The van der Waals surface area contributed by atoms with E-state index in [1.54, 1.807) is 30.3 Å². The summed E-state index contributed by atoms with van der Waals surface area (Å²) in [6.07, 6.45) is 0. The first kappa shape index (κ1) is 12.5. The van der Waals surface area contributed by atoms with Crippen LogP contribution in [-0.4, -0.2) is 0 Å². The lowest BCUT2D eigenvalue weighted by atomic mass is 10.2. The van der Waals surface area contributed by atoms with Gasteiger partial charge < -0.3 is 0 Å². The van der Waals surface area contributed by atoms with Crippen molar-refractivity contribution in [1.82, 2.24) is 0 Å². The van der Waals surface area contributed by atoms with Gasteiger partial charge in [-0.2, -0.15) is 0 Å². The highest BCUT2D eigenvalue weighted by atomic mass is 79.9. The van der Waals surface area contributed by atoms with Crippen LogP contribution in [0.5, 0.6) is 0 Å². The number of benzene rings is 1. The molecule has 0 fully saturated rings. The fourth-order valence-corrected chi connectivity index (χ4v) is 1.72. The van der Waals surface area contributed by atoms with Crippen molar-refractivity contribution in [2.75, 3.05) is 0 Å². The van der Waals surface area contributed by atoms with E-state index >= 15 is 0 Å². The van der Waals surface area contributed by atoms with Crippen LogP contribution in [0.1, 0.15) is 0 Å². The van der Waals surface area contributed by atoms with Gasteiger partial charge in [-0.25, -0.2) is 20.2 Å². The summed E-state index contributed by atoms with van der Waals surface area (Å²) in [5.74, 6) is 0. The molecule has 0 aliphatic carbocycles.